The number of thiazole rings is 1. The van der Waals surface area contributed by atoms with Crippen LogP contribution < -0.4 is 5.73 Å². The van der Waals surface area contributed by atoms with Crippen molar-refractivity contribution in [2.45, 2.75) is 6.92 Å². The normalized spacial score (nSPS) is 9.83. The van der Waals surface area contributed by atoms with Crippen LogP contribution in [0.1, 0.15) is 5.69 Å². The summed E-state index contributed by atoms with van der Waals surface area (Å²) in [5, 5.41) is 2.54. The second kappa shape index (κ2) is 5.81. The minimum atomic E-state index is 0. The monoisotopic (exact) mass is 390 g/mol. The quantitative estimate of drug-likeness (QED) is 0.690. The van der Waals surface area contributed by atoms with E-state index in [0.717, 1.165) is 22.7 Å². The maximum Gasteiger partial charge on any atom is 0.180 e. The number of hydrogen-bond acceptors (Lipinski definition) is 4. The highest BCUT2D eigenvalue weighted by atomic mass is 79.9. The summed E-state index contributed by atoms with van der Waals surface area (Å²) in [5.41, 5.74) is 9.46. The third-order valence-corrected chi connectivity index (χ3v) is 3.14. The number of rotatable bonds is 1. The van der Waals surface area contributed by atoms with Crippen LogP contribution in [0.25, 0.3) is 17.0 Å². The van der Waals surface area contributed by atoms with E-state index in [4.69, 9.17) is 5.73 Å². The first-order valence-corrected chi connectivity index (χ1v) is 5.79. The average molecular weight is 392 g/mol. The Morgan fingerprint density at radius 2 is 2.00 bits per heavy atom. The molecule has 2 N–H and O–H groups in total. The number of aryl methyl sites for hydroxylation is 1. The van der Waals surface area contributed by atoms with Gasteiger partial charge >= 0.3 is 0 Å². The third-order valence-electron chi connectivity index (χ3n) is 2.47. The van der Waals surface area contributed by atoms with E-state index in [9.17, 15) is 0 Å². The van der Waals surface area contributed by atoms with Gasteiger partial charge in [-0.25, -0.2) is 9.97 Å². The van der Waals surface area contributed by atoms with Gasteiger partial charge in [0.1, 0.15) is 11.3 Å². The van der Waals surface area contributed by atoms with Crippen LogP contribution >= 0.6 is 45.3 Å². The summed E-state index contributed by atoms with van der Waals surface area (Å²) < 4.78 is 2.03. The Morgan fingerprint density at radius 3 is 2.67 bits per heavy atom. The van der Waals surface area contributed by atoms with Gasteiger partial charge in [0, 0.05) is 11.6 Å². The van der Waals surface area contributed by atoms with Gasteiger partial charge in [-0.1, -0.05) is 6.07 Å². The summed E-state index contributed by atoms with van der Waals surface area (Å²) in [6.07, 6.45) is 1.99. The SMILES string of the molecule is Br.Br.Cc1nc2ccccn2c1-c1csc(N)n1. The molecule has 4 nitrogen and oxygen atoms in total. The lowest BCUT2D eigenvalue weighted by molar-refractivity contribution is 1.17. The molecule has 0 atom stereocenters. The average Bonchev–Trinajstić information content (AvgIpc) is 2.80. The van der Waals surface area contributed by atoms with E-state index in [1.807, 2.05) is 41.1 Å². The number of nitrogens with zero attached hydrogens (tertiary/aromatic N) is 3. The summed E-state index contributed by atoms with van der Waals surface area (Å²) in [7, 11) is 0. The Kier molecular flexibility index (Phi) is 4.89. The summed E-state index contributed by atoms with van der Waals surface area (Å²) >= 11 is 1.45. The van der Waals surface area contributed by atoms with Gasteiger partial charge in [0.2, 0.25) is 0 Å². The molecule has 18 heavy (non-hydrogen) atoms. The number of pyridine rings is 1. The standard InChI is InChI=1S/C11H10N4S.2BrH/c1-7-10(8-6-16-11(12)14-8)15-5-3-2-4-9(15)13-7;;/h2-6H,1H3,(H2,12,14);2*1H. The van der Waals surface area contributed by atoms with Crippen molar-refractivity contribution in [2.75, 3.05) is 5.73 Å². The van der Waals surface area contributed by atoms with Crippen molar-refractivity contribution in [1.29, 1.82) is 0 Å². The van der Waals surface area contributed by atoms with Gasteiger partial charge in [0.05, 0.1) is 11.4 Å². The number of hydrogen-bond donors (Lipinski definition) is 1. The molecule has 0 aliphatic rings. The van der Waals surface area contributed by atoms with Crippen LogP contribution in [0.5, 0.6) is 0 Å². The largest absolute Gasteiger partial charge is 0.375 e. The molecular weight excluding hydrogens is 380 g/mol. The van der Waals surface area contributed by atoms with E-state index in [1.165, 1.54) is 11.3 Å². The predicted octanol–water partition coefficient (Wildman–Crippen LogP) is 3.50. The van der Waals surface area contributed by atoms with Crippen LogP contribution in [-0.4, -0.2) is 14.4 Å². The van der Waals surface area contributed by atoms with Crippen molar-refractivity contribution in [2.24, 2.45) is 0 Å². The lowest BCUT2D eigenvalue weighted by Gasteiger charge is -1.98. The van der Waals surface area contributed by atoms with E-state index in [0.29, 0.717) is 5.13 Å². The highest BCUT2D eigenvalue weighted by Crippen LogP contribution is 2.26. The van der Waals surface area contributed by atoms with Crippen molar-refractivity contribution in [3.05, 3.63) is 35.5 Å². The smallest absolute Gasteiger partial charge is 0.180 e. The molecule has 0 aliphatic heterocycles. The summed E-state index contributed by atoms with van der Waals surface area (Å²) in [6, 6.07) is 5.93. The van der Waals surface area contributed by atoms with Crippen LogP contribution in [0.4, 0.5) is 5.13 Å². The number of anilines is 1. The van der Waals surface area contributed by atoms with Crippen LogP contribution in [0.2, 0.25) is 0 Å². The zero-order valence-electron chi connectivity index (χ0n) is 9.53. The Hall–Kier alpha value is -0.920. The molecule has 3 heterocycles. The summed E-state index contributed by atoms with van der Waals surface area (Å²) in [4.78, 5) is 8.79. The van der Waals surface area contributed by atoms with E-state index in [2.05, 4.69) is 9.97 Å². The Balaban J connectivity index is 0.000000810. The molecule has 7 heteroatoms. The van der Waals surface area contributed by atoms with Crippen molar-refractivity contribution < 1.29 is 0 Å². The lowest BCUT2D eigenvalue weighted by atomic mass is 10.3. The molecule has 3 rings (SSSR count). The Morgan fingerprint density at radius 1 is 1.22 bits per heavy atom. The van der Waals surface area contributed by atoms with Crippen molar-refractivity contribution in [3.8, 4) is 11.4 Å². The van der Waals surface area contributed by atoms with Crippen molar-refractivity contribution >= 4 is 56.1 Å². The van der Waals surface area contributed by atoms with Crippen LogP contribution in [0.15, 0.2) is 29.8 Å². The molecule has 0 aromatic carbocycles. The molecule has 3 aromatic heterocycles. The minimum absolute atomic E-state index is 0. The highest BCUT2D eigenvalue weighted by Gasteiger charge is 2.12. The number of halogens is 2. The first-order valence-electron chi connectivity index (χ1n) is 4.91. The van der Waals surface area contributed by atoms with Gasteiger partial charge in [-0.2, -0.15) is 0 Å². The van der Waals surface area contributed by atoms with Gasteiger partial charge in [-0.05, 0) is 19.1 Å². The molecular formula is C11H12Br2N4S. The van der Waals surface area contributed by atoms with E-state index >= 15 is 0 Å². The fraction of sp³-hybridized carbons (Fsp3) is 0.0909. The topological polar surface area (TPSA) is 56.2 Å². The Labute approximate surface area is 129 Å². The maximum atomic E-state index is 5.66. The first-order chi connectivity index (χ1) is 7.75. The number of aromatic nitrogens is 3. The molecule has 0 fully saturated rings. The van der Waals surface area contributed by atoms with E-state index < -0.39 is 0 Å². The summed E-state index contributed by atoms with van der Waals surface area (Å²) in [6.45, 7) is 1.98. The molecule has 0 saturated heterocycles. The second-order valence-electron chi connectivity index (χ2n) is 3.55. The van der Waals surface area contributed by atoms with Crippen LogP contribution in [0, 0.1) is 6.92 Å². The third kappa shape index (κ3) is 2.43. The maximum absolute atomic E-state index is 5.66. The fourth-order valence-corrected chi connectivity index (χ4v) is 2.37. The number of nitrogens with two attached hydrogens (primary N) is 1. The summed E-state index contributed by atoms with van der Waals surface area (Å²) in [5.74, 6) is 0. The first kappa shape index (κ1) is 15.1. The fourth-order valence-electron chi connectivity index (χ4n) is 1.82. The zero-order valence-corrected chi connectivity index (χ0v) is 13.8. The number of fused-ring (bicyclic) bond motifs is 1. The van der Waals surface area contributed by atoms with Gasteiger partial charge in [-0.3, -0.25) is 4.40 Å². The Bertz CT molecular complexity index is 662. The van der Waals surface area contributed by atoms with Gasteiger partial charge in [0.25, 0.3) is 0 Å². The molecule has 3 aromatic rings. The van der Waals surface area contributed by atoms with Crippen LogP contribution in [0.3, 0.4) is 0 Å². The number of nitrogen functional groups attached to an aromatic ring is 1. The zero-order chi connectivity index (χ0) is 11.1. The molecule has 0 aliphatic carbocycles. The predicted molar refractivity (Wildman–Crippen MR) is 86.1 cm³/mol. The lowest BCUT2D eigenvalue weighted by Crippen LogP contribution is -1.89. The van der Waals surface area contributed by atoms with Crippen molar-refractivity contribution in [1.82, 2.24) is 14.4 Å². The molecule has 0 amide bonds. The van der Waals surface area contributed by atoms with Gasteiger partial charge < -0.3 is 5.73 Å². The molecule has 0 saturated carbocycles. The van der Waals surface area contributed by atoms with E-state index in [1.54, 1.807) is 0 Å². The van der Waals surface area contributed by atoms with Gasteiger partial charge in [-0.15, -0.1) is 45.3 Å². The van der Waals surface area contributed by atoms with Gasteiger partial charge in [0.15, 0.2) is 5.13 Å². The number of imidazole rings is 1. The second-order valence-corrected chi connectivity index (χ2v) is 4.44. The molecule has 96 valence electrons. The molecule has 0 bridgehead atoms. The molecule has 0 unspecified atom stereocenters. The molecule has 0 spiro atoms. The van der Waals surface area contributed by atoms with Crippen molar-refractivity contribution in [3.63, 3.8) is 0 Å². The van der Waals surface area contributed by atoms with E-state index in [-0.39, 0.29) is 34.0 Å². The van der Waals surface area contributed by atoms with Crippen LogP contribution in [-0.2, 0) is 0 Å². The minimum Gasteiger partial charge on any atom is -0.375 e. The highest BCUT2D eigenvalue weighted by molar-refractivity contribution is 8.93. The molecule has 0 radical (unpaired) electrons.